The van der Waals surface area contributed by atoms with Gasteiger partial charge in [-0.1, -0.05) is 19.3 Å². The number of nitrogens with zero attached hydrogens (tertiary/aromatic N) is 1. The van der Waals surface area contributed by atoms with Crippen LogP contribution in [-0.4, -0.2) is 24.8 Å². The van der Waals surface area contributed by atoms with Crippen molar-refractivity contribution in [3.05, 3.63) is 0 Å². The number of nitriles is 1. The summed E-state index contributed by atoms with van der Waals surface area (Å²) < 4.78 is 5.65. The van der Waals surface area contributed by atoms with Crippen LogP contribution in [0.15, 0.2) is 0 Å². The highest BCUT2D eigenvalue weighted by Crippen LogP contribution is 2.29. The second kappa shape index (κ2) is 5.84. The van der Waals surface area contributed by atoms with Gasteiger partial charge in [0.2, 0.25) is 0 Å². The molecule has 2 aliphatic rings. The van der Waals surface area contributed by atoms with Crippen LogP contribution in [0.5, 0.6) is 0 Å². The van der Waals surface area contributed by atoms with Crippen LogP contribution in [0.3, 0.4) is 0 Å². The maximum atomic E-state index is 9.19. The summed E-state index contributed by atoms with van der Waals surface area (Å²) in [7, 11) is 0. The maximum absolute atomic E-state index is 9.19. The van der Waals surface area contributed by atoms with Crippen molar-refractivity contribution in [2.45, 2.75) is 63.5 Å². The molecule has 0 amide bonds. The number of nitrogens with one attached hydrogen (secondary N) is 1. The number of hydrogen-bond acceptors (Lipinski definition) is 3. The van der Waals surface area contributed by atoms with Gasteiger partial charge in [-0.05, 0) is 32.1 Å². The lowest BCUT2D eigenvalue weighted by Crippen LogP contribution is -2.43. The standard InChI is InChI=1S/C14H24N2O/c1-14(11-15,16-13-5-6-13)8-10-17-9-7-12-3-2-4-12/h12-13,16H,2-10H2,1H3. The summed E-state index contributed by atoms with van der Waals surface area (Å²) >= 11 is 0. The molecule has 2 aliphatic carbocycles. The van der Waals surface area contributed by atoms with Crippen LogP contribution in [0.25, 0.3) is 0 Å². The molecule has 17 heavy (non-hydrogen) atoms. The molecule has 3 heteroatoms. The third-order valence-corrected chi connectivity index (χ3v) is 3.99. The van der Waals surface area contributed by atoms with E-state index in [1.165, 1.54) is 38.5 Å². The van der Waals surface area contributed by atoms with Crippen LogP contribution in [0.2, 0.25) is 0 Å². The van der Waals surface area contributed by atoms with Crippen LogP contribution in [-0.2, 0) is 4.74 Å². The summed E-state index contributed by atoms with van der Waals surface area (Å²) in [5.74, 6) is 0.918. The Morgan fingerprint density at radius 1 is 1.29 bits per heavy atom. The van der Waals surface area contributed by atoms with Gasteiger partial charge < -0.3 is 4.74 Å². The van der Waals surface area contributed by atoms with Gasteiger partial charge in [0.05, 0.1) is 6.07 Å². The molecule has 2 fully saturated rings. The first kappa shape index (κ1) is 12.9. The van der Waals surface area contributed by atoms with E-state index in [1.807, 2.05) is 6.92 Å². The first-order valence-electron chi connectivity index (χ1n) is 6.98. The highest BCUT2D eigenvalue weighted by Gasteiger charge is 2.32. The first-order valence-corrected chi connectivity index (χ1v) is 6.98. The fourth-order valence-electron chi connectivity index (χ4n) is 2.25. The quantitative estimate of drug-likeness (QED) is 0.659. The molecule has 0 aromatic carbocycles. The van der Waals surface area contributed by atoms with E-state index < -0.39 is 5.54 Å². The molecule has 0 heterocycles. The molecule has 2 rings (SSSR count). The van der Waals surface area contributed by atoms with Gasteiger partial charge in [-0.15, -0.1) is 0 Å². The molecular formula is C14H24N2O. The van der Waals surface area contributed by atoms with Crippen molar-refractivity contribution in [1.29, 1.82) is 5.26 Å². The van der Waals surface area contributed by atoms with Crippen LogP contribution in [0.4, 0.5) is 0 Å². The zero-order valence-electron chi connectivity index (χ0n) is 10.9. The highest BCUT2D eigenvalue weighted by atomic mass is 16.5. The van der Waals surface area contributed by atoms with Gasteiger partial charge in [0, 0.05) is 25.7 Å². The fourth-order valence-corrected chi connectivity index (χ4v) is 2.25. The second-order valence-electron chi connectivity index (χ2n) is 5.81. The Morgan fingerprint density at radius 3 is 2.59 bits per heavy atom. The average molecular weight is 236 g/mol. The Labute approximate surface area is 105 Å². The third-order valence-electron chi connectivity index (χ3n) is 3.99. The number of rotatable bonds is 8. The van der Waals surface area contributed by atoms with Crippen LogP contribution in [0.1, 0.15) is 51.9 Å². The molecule has 0 spiro atoms. The SMILES string of the molecule is CC(C#N)(CCOCCC1CCC1)NC1CC1. The van der Waals surface area contributed by atoms with E-state index in [4.69, 9.17) is 4.74 Å². The Hall–Kier alpha value is -0.590. The molecule has 1 N–H and O–H groups in total. The van der Waals surface area contributed by atoms with Crippen LogP contribution >= 0.6 is 0 Å². The molecule has 0 aromatic rings. The largest absolute Gasteiger partial charge is 0.381 e. The second-order valence-corrected chi connectivity index (χ2v) is 5.81. The summed E-state index contributed by atoms with van der Waals surface area (Å²) in [6.45, 7) is 3.56. The smallest absolute Gasteiger partial charge is 0.106 e. The Kier molecular flexibility index (Phi) is 4.42. The monoisotopic (exact) mass is 236 g/mol. The molecule has 0 radical (unpaired) electrons. The van der Waals surface area contributed by atoms with E-state index in [0.717, 1.165) is 18.9 Å². The van der Waals surface area contributed by atoms with E-state index in [0.29, 0.717) is 12.6 Å². The summed E-state index contributed by atoms with van der Waals surface area (Å²) in [5, 5.41) is 12.6. The van der Waals surface area contributed by atoms with Crippen LogP contribution in [0, 0.1) is 17.2 Å². The first-order chi connectivity index (χ1) is 8.22. The molecular weight excluding hydrogens is 212 g/mol. The molecule has 0 saturated heterocycles. The molecule has 0 bridgehead atoms. The highest BCUT2D eigenvalue weighted by molar-refractivity contribution is 5.06. The van der Waals surface area contributed by atoms with Gasteiger partial charge in [0.25, 0.3) is 0 Å². The van der Waals surface area contributed by atoms with Gasteiger partial charge >= 0.3 is 0 Å². The van der Waals surface area contributed by atoms with Gasteiger partial charge in [0.15, 0.2) is 0 Å². The molecule has 96 valence electrons. The summed E-state index contributed by atoms with van der Waals surface area (Å²) in [6, 6.07) is 2.96. The summed E-state index contributed by atoms with van der Waals surface area (Å²) in [4.78, 5) is 0. The lowest BCUT2D eigenvalue weighted by atomic mass is 9.83. The zero-order valence-corrected chi connectivity index (χ0v) is 10.9. The molecule has 0 aliphatic heterocycles. The van der Waals surface area contributed by atoms with Gasteiger partial charge in [-0.25, -0.2) is 0 Å². The normalized spacial score (nSPS) is 23.8. The van der Waals surface area contributed by atoms with Crippen molar-refractivity contribution in [2.75, 3.05) is 13.2 Å². The van der Waals surface area contributed by atoms with Crippen molar-refractivity contribution in [2.24, 2.45) is 5.92 Å². The van der Waals surface area contributed by atoms with Gasteiger partial charge in [-0.3, -0.25) is 5.32 Å². The predicted molar refractivity (Wildman–Crippen MR) is 67.6 cm³/mol. The fraction of sp³-hybridized carbons (Fsp3) is 0.929. The Morgan fingerprint density at radius 2 is 2.06 bits per heavy atom. The maximum Gasteiger partial charge on any atom is 0.106 e. The third kappa shape index (κ3) is 4.29. The van der Waals surface area contributed by atoms with Gasteiger partial charge in [0.1, 0.15) is 5.54 Å². The number of ether oxygens (including phenoxy) is 1. The van der Waals surface area contributed by atoms with Crippen molar-refractivity contribution in [1.82, 2.24) is 5.32 Å². The van der Waals surface area contributed by atoms with Crippen molar-refractivity contribution in [3.63, 3.8) is 0 Å². The van der Waals surface area contributed by atoms with E-state index in [9.17, 15) is 5.26 Å². The van der Waals surface area contributed by atoms with Crippen LogP contribution < -0.4 is 5.32 Å². The topological polar surface area (TPSA) is 45.0 Å². The number of hydrogen-bond donors (Lipinski definition) is 1. The molecule has 1 unspecified atom stereocenters. The van der Waals surface area contributed by atoms with E-state index in [-0.39, 0.29) is 0 Å². The minimum atomic E-state index is -0.391. The average Bonchev–Trinajstić information content (AvgIpc) is 3.04. The minimum absolute atomic E-state index is 0.391. The zero-order chi connectivity index (χ0) is 12.1. The van der Waals surface area contributed by atoms with Crippen molar-refractivity contribution in [3.8, 4) is 6.07 Å². The molecule has 2 saturated carbocycles. The summed E-state index contributed by atoms with van der Waals surface area (Å²) in [6.07, 6.45) is 8.64. The van der Waals surface area contributed by atoms with Gasteiger partial charge in [-0.2, -0.15) is 5.26 Å². The van der Waals surface area contributed by atoms with E-state index >= 15 is 0 Å². The van der Waals surface area contributed by atoms with E-state index in [2.05, 4.69) is 11.4 Å². The van der Waals surface area contributed by atoms with E-state index in [1.54, 1.807) is 0 Å². The Bertz CT molecular complexity index is 278. The Balaban J connectivity index is 1.53. The molecule has 1 atom stereocenters. The lowest BCUT2D eigenvalue weighted by molar-refractivity contribution is 0.0945. The lowest BCUT2D eigenvalue weighted by Gasteiger charge is -2.26. The molecule has 3 nitrogen and oxygen atoms in total. The van der Waals surface area contributed by atoms with Crippen molar-refractivity contribution < 1.29 is 4.74 Å². The summed E-state index contributed by atoms with van der Waals surface area (Å²) in [5.41, 5.74) is -0.391. The minimum Gasteiger partial charge on any atom is -0.381 e. The predicted octanol–water partition coefficient (Wildman–Crippen LogP) is 2.62. The van der Waals surface area contributed by atoms with Crippen molar-refractivity contribution >= 4 is 0 Å². The molecule has 0 aromatic heterocycles.